The van der Waals surface area contributed by atoms with E-state index in [1.165, 1.54) is 19.3 Å². The molecule has 0 aromatic rings. The number of carbonyl (C=O) groups excluding carboxylic acids is 2. The molecule has 17 heavy (non-hydrogen) atoms. The van der Waals surface area contributed by atoms with E-state index >= 15 is 0 Å². The first-order valence-electron chi connectivity index (χ1n) is 6.56. The van der Waals surface area contributed by atoms with Crippen molar-refractivity contribution in [3.63, 3.8) is 0 Å². The van der Waals surface area contributed by atoms with E-state index in [1.807, 2.05) is 0 Å². The third kappa shape index (κ3) is 3.70. The molecule has 3 N–H and O–H groups in total. The van der Waals surface area contributed by atoms with Gasteiger partial charge in [0.05, 0.1) is 12.5 Å². The van der Waals surface area contributed by atoms with Crippen LogP contribution in [0.2, 0.25) is 0 Å². The number of carbonyl (C=O) groups is 2. The summed E-state index contributed by atoms with van der Waals surface area (Å²) in [5.74, 6) is -0.0681. The summed E-state index contributed by atoms with van der Waals surface area (Å²) in [7, 11) is 0. The highest BCUT2D eigenvalue weighted by Crippen LogP contribution is 2.17. The van der Waals surface area contributed by atoms with E-state index in [1.54, 1.807) is 0 Å². The molecular weight excluding hydrogens is 218 g/mol. The Morgan fingerprint density at radius 3 is 2.71 bits per heavy atom. The lowest BCUT2D eigenvalue weighted by molar-refractivity contribution is -0.129. The van der Waals surface area contributed by atoms with Gasteiger partial charge in [-0.3, -0.25) is 9.59 Å². The van der Waals surface area contributed by atoms with Crippen molar-refractivity contribution in [2.75, 3.05) is 13.1 Å². The second-order valence-electron chi connectivity index (χ2n) is 4.90. The molecule has 1 atom stereocenters. The molecule has 2 fully saturated rings. The molecule has 5 heteroatoms. The summed E-state index contributed by atoms with van der Waals surface area (Å²) in [6.45, 7) is 1.40. The van der Waals surface area contributed by atoms with Crippen molar-refractivity contribution in [2.24, 2.45) is 0 Å². The van der Waals surface area contributed by atoms with E-state index in [9.17, 15) is 9.59 Å². The molecule has 0 radical (unpaired) electrons. The quantitative estimate of drug-likeness (QED) is 0.645. The Kier molecular flexibility index (Phi) is 4.36. The second kappa shape index (κ2) is 6.00. The van der Waals surface area contributed by atoms with Crippen LogP contribution < -0.4 is 16.0 Å². The Bertz CT molecular complexity index is 287. The van der Waals surface area contributed by atoms with Gasteiger partial charge in [-0.1, -0.05) is 19.3 Å². The lowest BCUT2D eigenvalue weighted by Crippen LogP contribution is -2.54. The van der Waals surface area contributed by atoms with Crippen LogP contribution in [-0.2, 0) is 9.59 Å². The normalized spacial score (nSPS) is 26.4. The van der Waals surface area contributed by atoms with Gasteiger partial charge in [0.25, 0.3) is 0 Å². The van der Waals surface area contributed by atoms with Gasteiger partial charge in [0.2, 0.25) is 11.8 Å². The molecule has 1 heterocycles. The molecule has 1 saturated carbocycles. The van der Waals surface area contributed by atoms with Crippen molar-refractivity contribution in [1.82, 2.24) is 16.0 Å². The molecule has 2 amide bonds. The summed E-state index contributed by atoms with van der Waals surface area (Å²) in [6.07, 6.45) is 6.09. The standard InChI is InChI=1S/C12H21N3O2/c16-11(15-9-4-2-1-3-5-9)8-10-12(17)14-7-6-13-10/h9-10,13H,1-8H2,(H,14,17)(H,15,16). The van der Waals surface area contributed by atoms with Gasteiger partial charge < -0.3 is 16.0 Å². The number of hydrogen-bond donors (Lipinski definition) is 3. The predicted molar refractivity (Wildman–Crippen MR) is 64.4 cm³/mol. The van der Waals surface area contributed by atoms with Crippen LogP contribution in [0.4, 0.5) is 0 Å². The van der Waals surface area contributed by atoms with Gasteiger partial charge in [0.15, 0.2) is 0 Å². The maximum atomic E-state index is 11.8. The number of amides is 2. The van der Waals surface area contributed by atoms with Crippen molar-refractivity contribution in [1.29, 1.82) is 0 Å². The van der Waals surface area contributed by atoms with E-state index in [0.717, 1.165) is 19.4 Å². The zero-order valence-corrected chi connectivity index (χ0v) is 10.1. The minimum atomic E-state index is -0.354. The summed E-state index contributed by atoms with van der Waals surface area (Å²) in [5, 5.41) is 8.85. The summed E-state index contributed by atoms with van der Waals surface area (Å²) in [4.78, 5) is 23.3. The molecule has 0 aromatic heterocycles. The average molecular weight is 239 g/mol. The molecule has 0 aromatic carbocycles. The van der Waals surface area contributed by atoms with Crippen LogP contribution in [0.3, 0.4) is 0 Å². The first kappa shape index (κ1) is 12.4. The monoisotopic (exact) mass is 239 g/mol. The average Bonchev–Trinajstić information content (AvgIpc) is 2.33. The fourth-order valence-corrected chi connectivity index (χ4v) is 2.53. The van der Waals surface area contributed by atoms with Crippen LogP contribution >= 0.6 is 0 Å². The maximum absolute atomic E-state index is 11.8. The highest BCUT2D eigenvalue weighted by molar-refractivity contribution is 5.88. The molecule has 1 aliphatic heterocycles. The SMILES string of the molecule is O=C(CC1NCCNC1=O)NC1CCCCC1. The molecule has 96 valence electrons. The fourth-order valence-electron chi connectivity index (χ4n) is 2.53. The molecule has 1 unspecified atom stereocenters. The van der Waals surface area contributed by atoms with Crippen molar-refractivity contribution in [2.45, 2.75) is 50.6 Å². The van der Waals surface area contributed by atoms with Crippen molar-refractivity contribution in [3.05, 3.63) is 0 Å². The maximum Gasteiger partial charge on any atom is 0.237 e. The van der Waals surface area contributed by atoms with Crippen LogP contribution in [0.25, 0.3) is 0 Å². The number of nitrogens with one attached hydrogen (secondary N) is 3. The molecule has 1 saturated heterocycles. The Hall–Kier alpha value is -1.10. The van der Waals surface area contributed by atoms with E-state index in [2.05, 4.69) is 16.0 Å². The number of hydrogen-bond acceptors (Lipinski definition) is 3. The molecule has 0 bridgehead atoms. The van der Waals surface area contributed by atoms with Crippen LogP contribution in [0, 0.1) is 0 Å². The van der Waals surface area contributed by atoms with Crippen LogP contribution in [0.1, 0.15) is 38.5 Å². The summed E-state index contributed by atoms with van der Waals surface area (Å²) >= 11 is 0. The van der Waals surface area contributed by atoms with Gasteiger partial charge in [0, 0.05) is 19.1 Å². The molecule has 2 rings (SSSR count). The van der Waals surface area contributed by atoms with Crippen LogP contribution in [0.5, 0.6) is 0 Å². The summed E-state index contributed by atoms with van der Waals surface area (Å²) < 4.78 is 0. The highest BCUT2D eigenvalue weighted by atomic mass is 16.2. The van der Waals surface area contributed by atoms with Crippen LogP contribution in [0.15, 0.2) is 0 Å². The van der Waals surface area contributed by atoms with E-state index in [0.29, 0.717) is 12.6 Å². The third-order valence-electron chi connectivity index (χ3n) is 3.49. The molecule has 2 aliphatic rings. The number of rotatable bonds is 3. The molecular formula is C12H21N3O2. The lowest BCUT2D eigenvalue weighted by Gasteiger charge is -2.26. The smallest absolute Gasteiger partial charge is 0.237 e. The van der Waals surface area contributed by atoms with Crippen molar-refractivity contribution < 1.29 is 9.59 Å². The topological polar surface area (TPSA) is 70.2 Å². The first-order chi connectivity index (χ1) is 8.25. The summed E-state index contributed by atoms with van der Waals surface area (Å²) in [6, 6.07) is -0.0322. The van der Waals surface area contributed by atoms with Crippen molar-refractivity contribution >= 4 is 11.8 Å². The van der Waals surface area contributed by atoms with Gasteiger partial charge in [-0.05, 0) is 12.8 Å². The van der Waals surface area contributed by atoms with Gasteiger partial charge >= 0.3 is 0 Å². The van der Waals surface area contributed by atoms with Gasteiger partial charge in [-0.2, -0.15) is 0 Å². The molecule has 1 aliphatic carbocycles. The Morgan fingerprint density at radius 1 is 1.24 bits per heavy atom. The molecule has 5 nitrogen and oxygen atoms in total. The number of piperazine rings is 1. The van der Waals surface area contributed by atoms with Gasteiger partial charge in [-0.25, -0.2) is 0 Å². The van der Waals surface area contributed by atoms with Crippen molar-refractivity contribution in [3.8, 4) is 0 Å². The largest absolute Gasteiger partial charge is 0.353 e. The van der Waals surface area contributed by atoms with Crippen LogP contribution in [-0.4, -0.2) is 37.0 Å². The highest BCUT2D eigenvalue weighted by Gasteiger charge is 2.25. The fraction of sp³-hybridized carbons (Fsp3) is 0.833. The third-order valence-corrected chi connectivity index (χ3v) is 3.49. The molecule has 0 spiro atoms. The predicted octanol–water partition coefficient (Wildman–Crippen LogP) is -0.0866. The van der Waals surface area contributed by atoms with E-state index in [-0.39, 0.29) is 24.3 Å². The Balaban J connectivity index is 1.74. The zero-order chi connectivity index (χ0) is 12.1. The minimum Gasteiger partial charge on any atom is -0.353 e. The Morgan fingerprint density at radius 2 is 2.00 bits per heavy atom. The van der Waals surface area contributed by atoms with Gasteiger partial charge in [0.1, 0.15) is 0 Å². The second-order valence-corrected chi connectivity index (χ2v) is 4.90. The first-order valence-corrected chi connectivity index (χ1v) is 6.56. The summed E-state index contributed by atoms with van der Waals surface area (Å²) in [5.41, 5.74) is 0. The Labute approximate surface area is 102 Å². The van der Waals surface area contributed by atoms with E-state index < -0.39 is 0 Å². The lowest BCUT2D eigenvalue weighted by atomic mass is 9.95. The minimum absolute atomic E-state index is 0.00792. The van der Waals surface area contributed by atoms with E-state index in [4.69, 9.17) is 0 Å². The van der Waals surface area contributed by atoms with Gasteiger partial charge in [-0.15, -0.1) is 0 Å². The zero-order valence-electron chi connectivity index (χ0n) is 10.1.